The molecule has 0 saturated carbocycles. The third-order valence-corrected chi connectivity index (χ3v) is 2.63. The molecule has 16 heavy (non-hydrogen) atoms. The predicted octanol–water partition coefficient (Wildman–Crippen LogP) is 3.54. The van der Waals surface area contributed by atoms with Crippen LogP contribution in [0.5, 0.6) is 0 Å². The SMILES string of the molecule is CCC=CCCCCCCCC(O)C[C]=O. The summed E-state index contributed by atoms with van der Waals surface area (Å²) in [6.07, 6.45) is 14.9. The maximum atomic E-state index is 9.98. The van der Waals surface area contributed by atoms with Crippen molar-refractivity contribution in [1.29, 1.82) is 0 Å². The van der Waals surface area contributed by atoms with E-state index in [2.05, 4.69) is 19.1 Å². The summed E-state index contributed by atoms with van der Waals surface area (Å²) in [5.74, 6) is 0. The molecule has 0 amide bonds. The normalized spacial score (nSPS) is 13.1. The standard InChI is InChI=1S/C14H25O2/c1-2-3-4-5-6-7-8-9-10-11-14(16)12-13-15/h3-4,14,16H,2,5-12H2,1H3. The first kappa shape index (κ1) is 15.4. The Balaban J connectivity index is 3.09. The molecule has 0 rings (SSSR count). The van der Waals surface area contributed by atoms with Gasteiger partial charge in [-0.25, -0.2) is 0 Å². The molecular weight excluding hydrogens is 200 g/mol. The Morgan fingerprint density at radius 1 is 1.12 bits per heavy atom. The first-order valence-electron chi connectivity index (χ1n) is 6.49. The minimum Gasteiger partial charge on any atom is -0.393 e. The van der Waals surface area contributed by atoms with E-state index in [0.29, 0.717) is 0 Å². The van der Waals surface area contributed by atoms with E-state index in [0.717, 1.165) is 25.7 Å². The summed E-state index contributed by atoms with van der Waals surface area (Å²) < 4.78 is 0. The molecule has 2 nitrogen and oxygen atoms in total. The third-order valence-electron chi connectivity index (χ3n) is 2.63. The van der Waals surface area contributed by atoms with E-state index in [-0.39, 0.29) is 6.42 Å². The molecule has 0 bridgehead atoms. The summed E-state index contributed by atoms with van der Waals surface area (Å²) in [7, 11) is 0. The van der Waals surface area contributed by atoms with Crippen molar-refractivity contribution in [2.75, 3.05) is 0 Å². The number of aliphatic hydroxyl groups excluding tert-OH is 1. The molecule has 1 N–H and O–H groups in total. The zero-order valence-corrected chi connectivity index (χ0v) is 10.5. The molecule has 0 heterocycles. The van der Waals surface area contributed by atoms with E-state index >= 15 is 0 Å². The van der Waals surface area contributed by atoms with Gasteiger partial charge in [-0.3, -0.25) is 4.79 Å². The van der Waals surface area contributed by atoms with Crippen molar-refractivity contribution >= 4 is 6.29 Å². The van der Waals surface area contributed by atoms with Crippen LogP contribution in [0, 0.1) is 0 Å². The molecule has 0 aromatic carbocycles. The molecule has 0 aliphatic carbocycles. The van der Waals surface area contributed by atoms with E-state index < -0.39 is 6.10 Å². The molecule has 0 fully saturated rings. The fourth-order valence-electron chi connectivity index (χ4n) is 1.66. The van der Waals surface area contributed by atoms with Crippen LogP contribution in [0.25, 0.3) is 0 Å². The minimum atomic E-state index is -0.468. The lowest BCUT2D eigenvalue weighted by molar-refractivity contribution is 0.167. The average Bonchev–Trinajstić information content (AvgIpc) is 2.27. The molecule has 0 aliphatic rings. The number of aliphatic hydroxyl groups is 1. The summed E-state index contributed by atoms with van der Waals surface area (Å²) in [5.41, 5.74) is 0. The second kappa shape index (κ2) is 12.4. The molecule has 1 unspecified atom stereocenters. The van der Waals surface area contributed by atoms with E-state index in [1.807, 2.05) is 0 Å². The number of hydrogen-bond acceptors (Lipinski definition) is 2. The van der Waals surface area contributed by atoms with Crippen molar-refractivity contribution < 1.29 is 9.90 Å². The molecule has 0 aromatic heterocycles. The van der Waals surface area contributed by atoms with Gasteiger partial charge in [-0.15, -0.1) is 0 Å². The minimum absolute atomic E-state index is 0.168. The first-order valence-corrected chi connectivity index (χ1v) is 6.49. The van der Waals surface area contributed by atoms with E-state index in [4.69, 9.17) is 0 Å². The second-order valence-corrected chi connectivity index (χ2v) is 4.23. The Hall–Kier alpha value is -0.630. The molecule has 2 heteroatoms. The molecule has 0 saturated heterocycles. The van der Waals surface area contributed by atoms with E-state index in [1.165, 1.54) is 25.7 Å². The lowest BCUT2D eigenvalue weighted by Gasteiger charge is -2.05. The van der Waals surface area contributed by atoms with Crippen LogP contribution in [0.4, 0.5) is 0 Å². The quantitative estimate of drug-likeness (QED) is 0.431. The van der Waals surface area contributed by atoms with Gasteiger partial charge in [0.25, 0.3) is 0 Å². The molecular formula is C14H25O2. The van der Waals surface area contributed by atoms with Crippen LogP contribution < -0.4 is 0 Å². The first-order chi connectivity index (χ1) is 7.81. The van der Waals surface area contributed by atoms with Gasteiger partial charge in [0.1, 0.15) is 0 Å². The van der Waals surface area contributed by atoms with Crippen molar-refractivity contribution in [2.45, 2.75) is 70.8 Å². The van der Waals surface area contributed by atoms with E-state index in [1.54, 1.807) is 6.29 Å². The van der Waals surface area contributed by atoms with Crippen molar-refractivity contribution in [3.8, 4) is 0 Å². The molecule has 0 aliphatic heterocycles. The van der Waals surface area contributed by atoms with Crippen molar-refractivity contribution in [3.63, 3.8) is 0 Å². The van der Waals surface area contributed by atoms with Gasteiger partial charge < -0.3 is 5.11 Å². The van der Waals surface area contributed by atoms with Crippen molar-refractivity contribution in [3.05, 3.63) is 12.2 Å². The Labute approximate surface area is 99.7 Å². The van der Waals surface area contributed by atoms with Gasteiger partial charge in [0.2, 0.25) is 6.29 Å². The molecule has 93 valence electrons. The molecule has 0 spiro atoms. The average molecular weight is 225 g/mol. The Morgan fingerprint density at radius 3 is 2.50 bits per heavy atom. The number of rotatable bonds is 11. The monoisotopic (exact) mass is 225 g/mol. The third kappa shape index (κ3) is 11.4. The summed E-state index contributed by atoms with van der Waals surface area (Å²) in [5, 5.41) is 9.28. The highest BCUT2D eigenvalue weighted by molar-refractivity contribution is 5.51. The zero-order chi connectivity index (χ0) is 12.1. The van der Waals surface area contributed by atoms with Crippen LogP contribution in [-0.2, 0) is 4.79 Å². The highest BCUT2D eigenvalue weighted by Crippen LogP contribution is 2.10. The summed E-state index contributed by atoms with van der Waals surface area (Å²) >= 11 is 0. The van der Waals surface area contributed by atoms with Crippen LogP contribution in [0.3, 0.4) is 0 Å². The molecule has 0 aromatic rings. The van der Waals surface area contributed by atoms with Crippen molar-refractivity contribution in [1.82, 2.24) is 0 Å². The fraction of sp³-hybridized carbons (Fsp3) is 0.786. The maximum Gasteiger partial charge on any atom is 0.201 e. The second-order valence-electron chi connectivity index (χ2n) is 4.23. The van der Waals surface area contributed by atoms with Gasteiger partial charge in [-0.2, -0.15) is 0 Å². The Bertz CT molecular complexity index is 176. The predicted molar refractivity (Wildman–Crippen MR) is 68.1 cm³/mol. The maximum absolute atomic E-state index is 9.98. The van der Waals surface area contributed by atoms with Gasteiger partial charge in [0.15, 0.2) is 0 Å². The van der Waals surface area contributed by atoms with E-state index in [9.17, 15) is 9.90 Å². The van der Waals surface area contributed by atoms with Gasteiger partial charge in [-0.05, 0) is 25.7 Å². The summed E-state index contributed by atoms with van der Waals surface area (Å²) in [4.78, 5) is 9.98. The highest BCUT2D eigenvalue weighted by Gasteiger charge is 2.02. The Morgan fingerprint density at radius 2 is 1.81 bits per heavy atom. The lowest BCUT2D eigenvalue weighted by Crippen LogP contribution is -2.06. The molecule has 1 radical (unpaired) electrons. The van der Waals surface area contributed by atoms with Gasteiger partial charge in [0, 0.05) is 6.42 Å². The van der Waals surface area contributed by atoms with Crippen LogP contribution in [0.1, 0.15) is 64.7 Å². The Kier molecular flexibility index (Phi) is 11.9. The number of hydrogen-bond donors (Lipinski definition) is 1. The fourth-order valence-corrected chi connectivity index (χ4v) is 1.66. The van der Waals surface area contributed by atoms with Crippen LogP contribution in [-0.4, -0.2) is 17.5 Å². The van der Waals surface area contributed by atoms with Crippen LogP contribution in [0.2, 0.25) is 0 Å². The smallest absolute Gasteiger partial charge is 0.201 e. The van der Waals surface area contributed by atoms with Gasteiger partial charge >= 0.3 is 0 Å². The zero-order valence-electron chi connectivity index (χ0n) is 10.5. The van der Waals surface area contributed by atoms with Gasteiger partial charge in [0.05, 0.1) is 6.10 Å². The topological polar surface area (TPSA) is 37.3 Å². The highest BCUT2D eigenvalue weighted by atomic mass is 16.3. The largest absolute Gasteiger partial charge is 0.393 e. The number of allylic oxidation sites excluding steroid dienone is 2. The summed E-state index contributed by atoms with van der Waals surface area (Å²) in [6.45, 7) is 2.15. The van der Waals surface area contributed by atoms with Crippen LogP contribution >= 0.6 is 0 Å². The number of unbranched alkanes of at least 4 members (excludes halogenated alkanes) is 5. The molecule has 1 atom stereocenters. The van der Waals surface area contributed by atoms with Gasteiger partial charge in [-0.1, -0.05) is 44.8 Å². The number of carbonyl (C=O) groups excluding carboxylic acids is 1. The lowest BCUT2D eigenvalue weighted by atomic mass is 10.1. The van der Waals surface area contributed by atoms with Crippen LogP contribution in [0.15, 0.2) is 12.2 Å². The van der Waals surface area contributed by atoms with Crippen molar-refractivity contribution in [2.24, 2.45) is 0 Å². The summed E-state index contributed by atoms with van der Waals surface area (Å²) in [6, 6.07) is 0.